The molecule has 3 atom stereocenters. The van der Waals surface area contributed by atoms with Crippen LogP contribution in [0.25, 0.3) is 0 Å². The first kappa shape index (κ1) is 30.5. The standard InChI is InChI=1S/C18H28N4O5S.O.Re/c19-8-2-1-3-14(17(25)22-15(10-28)18(26)27)21-16(24)13(20)9-11-4-6-12(23)7-5-11;;/h4-7,13-15,23,28H,1-3,8-10,19-20H2,(H,21,24)(H,22,25)(H,26,27);;/q;-2;/p-3/t13-,14-,15-;;/m0../s1. The molecule has 171 valence electrons. The van der Waals surface area contributed by atoms with E-state index in [1.807, 2.05) is 0 Å². The second kappa shape index (κ2) is 16.1. The van der Waals surface area contributed by atoms with E-state index in [1.54, 1.807) is 12.1 Å². The summed E-state index contributed by atoms with van der Waals surface area (Å²) in [6.45, 7) is 0.422. The molecule has 0 aliphatic rings. The molecule has 0 saturated carbocycles. The van der Waals surface area contributed by atoms with E-state index in [0.29, 0.717) is 24.9 Å². The number of unbranched alkanes of at least 4 members (excludes halogenated alkanes) is 1. The van der Waals surface area contributed by atoms with E-state index in [-0.39, 0.29) is 50.2 Å². The van der Waals surface area contributed by atoms with Crippen molar-refractivity contribution < 1.29 is 50.5 Å². The molecule has 0 fully saturated rings. The quantitative estimate of drug-likeness (QED) is 0.141. The van der Waals surface area contributed by atoms with Crippen LogP contribution in [0, 0.1) is 0 Å². The minimum atomic E-state index is -1.49. The number of carboxylic acids is 1. The van der Waals surface area contributed by atoms with Crippen molar-refractivity contribution in [1.82, 2.24) is 10.6 Å². The molecule has 30 heavy (non-hydrogen) atoms. The van der Waals surface area contributed by atoms with Gasteiger partial charge in [-0.15, -0.1) is 5.75 Å². The maximum Gasteiger partial charge on any atom is 0.243 e. The Hall–Kier alpha value is -1.68. The molecule has 1 radical (unpaired) electrons. The van der Waals surface area contributed by atoms with Gasteiger partial charge >= 0.3 is 0 Å². The second-order valence-electron chi connectivity index (χ2n) is 6.35. The minimum Gasteiger partial charge on any atom is -2.00 e. The molecule has 0 spiro atoms. The van der Waals surface area contributed by atoms with Crippen LogP contribution in [0.3, 0.4) is 0 Å². The average molecular weight is 612 g/mol. The van der Waals surface area contributed by atoms with Gasteiger partial charge in [0.1, 0.15) is 6.04 Å². The molecule has 0 unspecified atom stereocenters. The molecule has 0 bridgehead atoms. The number of carboxylic acid groups (broad SMARTS) is 1. The first-order valence-corrected chi connectivity index (χ1v) is 9.47. The first-order chi connectivity index (χ1) is 13.3. The Morgan fingerprint density at radius 2 is 1.60 bits per heavy atom. The number of hydrogen-bond donors (Lipinski definition) is 4. The van der Waals surface area contributed by atoms with E-state index in [4.69, 9.17) is 24.1 Å². The van der Waals surface area contributed by atoms with Gasteiger partial charge in [0.2, 0.25) is 11.8 Å². The number of carbonyl (C=O) groups is 3. The van der Waals surface area contributed by atoms with Gasteiger partial charge in [0, 0.05) is 26.5 Å². The van der Waals surface area contributed by atoms with Gasteiger partial charge in [0.25, 0.3) is 0 Å². The van der Waals surface area contributed by atoms with Crippen molar-refractivity contribution >= 4 is 30.4 Å². The van der Waals surface area contributed by atoms with Crippen molar-refractivity contribution in [2.75, 3.05) is 12.3 Å². The van der Waals surface area contributed by atoms with E-state index in [9.17, 15) is 24.6 Å². The molecule has 0 saturated heterocycles. The van der Waals surface area contributed by atoms with Crippen LogP contribution in [-0.2, 0) is 59.3 Å². The smallest absolute Gasteiger partial charge is 0.243 e. The number of amides is 2. The van der Waals surface area contributed by atoms with Gasteiger partial charge in [-0.3, -0.25) is 9.59 Å². The maximum absolute atomic E-state index is 12.4. The molecule has 1 rings (SSSR count). The number of benzene rings is 1. The fourth-order valence-electron chi connectivity index (χ4n) is 2.45. The van der Waals surface area contributed by atoms with E-state index in [2.05, 4.69) is 10.6 Å². The second-order valence-corrected chi connectivity index (χ2v) is 6.68. The van der Waals surface area contributed by atoms with Crippen LogP contribution >= 0.6 is 0 Å². The van der Waals surface area contributed by atoms with Gasteiger partial charge in [-0.2, -0.15) is 5.75 Å². The monoisotopic (exact) mass is 612 g/mol. The largest absolute Gasteiger partial charge is 2.00 e. The summed E-state index contributed by atoms with van der Waals surface area (Å²) in [6, 6.07) is 2.66. The van der Waals surface area contributed by atoms with Crippen molar-refractivity contribution in [3.8, 4) is 5.75 Å². The van der Waals surface area contributed by atoms with Crippen LogP contribution < -0.4 is 32.3 Å². The van der Waals surface area contributed by atoms with Crippen molar-refractivity contribution in [1.29, 1.82) is 0 Å². The molecule has 2 amide bonds. The van der Waals surface area contributed by atoms with Crippen LogP contribution in [0.4, 0.5) is 0 Å². The molecule has 12 heteroatoms. The third-order valence-electron chi connectivity index (χ3n) is 4.06. The van der Waals surface area contributed by atoms with Crippen LogP contribution in [0.15, 0.2) is 24.3 Å². The zero-order valence-corrected chi connectivity index (χ0v) is 19.7. The molecule has 0 aliphatic carbocycles. The Labute approximate surface area is 194 Å². The van der Waals surface area contributed by atoms with E-state index in [0.717, 1.165) is 0 Å². The zero-order chi connectivity index (χ0) is 21.1. The van der Waals surface area contributed by atoms with Gasteiger partial charge in [0.15, 0.2) is 0 Å². The van der Waals surface area contributed by atoms with E-state index < -0.39 is 35.9 Å². The number of nitrogens with one attached hydrogen (secondary N) is 2. The summed E-state index contributed by atoms with van der Waals surface area (Å²) in [7, 11) is 0. The summed E-state index contributed by atoms with van der Waals surface area (Å²) >= 11 is 4.69. The molecule has 1 aromatic carbocycles. The predicted octanol–water partition coefficient (Wildman–Crippen LogP) is -3.10. The third kappa shape index (κ3) is 10.9. The number of nitrogens with two attached hydrogens (primary N) is 2. The Morgan fingerprint density at radius 3 is 2.10 bits per heavy atom. The summed E-state index contributed by atoms with van der Waals surface area (Å²) in [6.07, 6.45) is 1.64. The molecule has 6 N–H and O–H groups in total. The van der Waals surface area contributed by atoms with Crippen LogP contribution in [0.2, 0.25) is 0 Å². The number of hydrogen-bond acceptors (Lipinski definition) is 8. The molecule has 1 aromatic rings. The Balaban J connectivity index is 0. The van der Waals surface area contributed by atoms with Crippen molar-refractivity contribution in [3.63, 3.8) is 0 Å². The van der Waals surface area contributed by atoms with Gasteiger partial charge in [-0.1, -0.05) is 24.3 Å². The summed E-state index contributed by atoms with van der Waals surface area (Å²) in [4.78, 5) is 35.8. The average Bonchev–Trinajstić information content (AvgIpc) is 2.66. The van der Waals surface area contributed by atoms with Gasteiger partial charge < -0.3 is 55.2 Å². The van der Waals surface area contributed by atoms with Gasteiger partial charge in [0.05, 0.1) is 12.0 Å². The zero-order valence-electron chi connectivity index (χ0n) is 16.2. The first-order valence-electron chi connectivity index (χ1n) is 8.89. The van der Waals surface area contributed by atoms with E-state index >= 15 is 0 Å². The third-order valence-corrected chi connectivity index (χ3v) is 4.40. The van der Waals surface area contributed by atoms with Gasteiger partial charge in [-0.05, 0) is 37.8 Å². The molecule has 0 aliphatic heterocycles. The maximum atomic E-state index is 12.4. The van der Waals surface area contributed by atoms with Crippen LogP contribution in [0.1, 0.15) is 24.8 Å². The normalized spacial score (nSPS) is 13.0. The summed E-state index contributed by atoms with van der Waals surface area (Å²) in [5.74, 6) is -3.14. The Bertz CT molecular complexity index is 665. The van der Waals surface area contributed by atoms with Crippen LogP contribution in [0.5, 0.6) is 5.75 Å². The molecule has 10 nitrogen and oxygen atoms in total. The SMILES string of the molecule is NCCCC[C@H](NC(=O)[C@@H](N)Cc1ccc([O-])cc1)C(=O)N[C@@H](C[S-])C(=O)[O-].[O-2].[Re]. The minimum absolute atomic E-state index is 0. The Kier molecular flexibility index (Phi) is 16.3. The number of aliphatic carboxylic acids is 1. The topological polar surface area (TPSA) is 202 Å². The van der Waals surface area contributed by atoms with E-state index in [1.165, 1.54) is 12.1 Å². The summed E-state index contributed by atoms with van der Waals surface area (Å²) in [5.41, 5.74) is 12.1. The fourth-order valence-corrected chi connectivity index (χ4v) is 2.67. The number of rotatable bonds is 12. The van der Waals surface area contributed by atoms with Crippen molar-refractivity contribution in [2.24, 2.45) is 11.5 Å². The van der Waals surface area contributed by atoms with Crippen molar-refractivity contribution in [2.45, 2.75) is 43.8 Å². The van der Waals surface area contributed by atoms with Crippen molar-refractivity contribution in [3.05, 3.63) is 29.8 Å². The summed E-state index contributed by atoms with van der Waals surface area (Å²) in [5, 5.41) is 26.9. The summed E-state index contributed by atoms with van der Waals surface area (Å²) < 4.78 is 0. The Morgan fingerprint density at radius 1 is 1.03 bits per heavy atom. The molecule has 0 heterocycles. The molecular formula is C18H25N4O6ReS-5. The van der Waals surface area contributed by atoms with Crippen LogP contribution in [-0.4, -0.2) is 48.2 Å². The predicted molar refractivity (Wildman–Crippen MR) is 102 cm³/mol. The fraction of sp³-hybridized carbons (Fsp3) is 0.500. The number of carbonyl (C=O) groups excluding carboxylic acids is 3. The molecule has 0 aromatic heterocycles. The van der Waals surface area contributed by atoms with Gasteiger partial charge in [-0.25, -0.2) is 0 Å². The molecular weight excluding hydrogens is 586 g/mol.